The molecule has 2 aromatic rings. The topological polar surface area (TPSA) is 81.2 Å². The van der Waals surface area contributed by atoms with Gasteiger partial charge in [0.25, 0.3) is 5.91 Å². The van der Waals surface area contributed by atoms with E-state index in [1.807, 2.05) is 32.0 Å². The lowest BCUT2D eigenvalue weighted by Gasteiger charge is -2.29. The van der Waals surface area contributed by atoms with Crippen LogP contribution in [0.2, 0.25) is 0 Å². The van der Waals surface area contributed by atoms with E-state index in [0.29, 0.717) is 29.8 Å². The van der Waals surface area contributed by atoms with E-state index in [4.69, 9.17) is 4.74 Å². The molecule has 0 bridgehead atoms. The number of hydrogen-bond donors (Lipinski definition) is 1. The third-order valence-electron chi connectivity index (χ3n) is 3.82. The molecule has 1 aliphatic carbocycles. The maximum Gasteiger partial charge on any atom is 0.264 e. The fraction of sp³-hybridized carbons (Fsp3) is 0.333. The Kier molecular flexibility index (Phi) is 4.29. The number of hydrogen-bond acceptors (Lipinski definition) is 5. The Morgan fingerprint density at radius 3 is 2.75 bits per heavy atom. The van der Waals surface area contributed by atoms with E-state index in [2.05, 4.69) is 15.3 Å². The number of fused-ring (bicyclic) bond motifs is 1. The van der Waals surface area contributed by atoms with Crippen LogP contribution in [-0.2, 0) is 11.2 Å². The van der Waals surface area contributed by atoms with Gasteiger partial charge in [-0.15, -0.1) is 0 Å². The van der Waals surface area contributed by atoms with E-state index in [-0.39, 0.29) is 29.7 Å². The molecule has 1 aromatic heterocycles. The van der Waals surface area contributed by atoms with Crippen LogP contribution in [0, 0.1) is 5.41 Å². The number of ether oxygens (including phenoxy) is 1. The van der Waals surface area contributed by atoms with Crippen molar-refractivity contribution in [2.45, 2.75) is 26.7 Å². The zero-order valence-corrected chi connectivity index (χ0v) is 13.7. The van der Waals surface area contributed by atoms with Gasteiger partial charge in [0.05, 0.1) is 11.3 Å². The predicted molar refractivity (Wildman–Crippen MR) is 89.0 cm³/mol. The third-order valence-corrected chi connectivity index (χ3v) is 3.82. The number of anilines is 1. The second-order valence-corrected chi connectivity index (χ2v) is 6.64. The predicted octanol–water partition coefficient (Wildman–Crippen LogP) is 2.65. The highest BCUT2D eigenvalue weighted by Crippen LogP contribution is 2.33. The summed E-state index contributed by atoms with van der Waals surface area (Å²) < 4.78 is 5.38. The zero-order chi connectivity index (χ0) is 17.2. The quantitative estimate of drug-likeness (QED) is 0.934. The van der Waals surface area contributed by atoms with Gasteiger partial charge in [0.1, 0.15) is 5.75 Å². The Bertz CT molecular complexity index is 772. The van der Waals surface area contributed by atoms with Crippen LogP contribution in [0.3, 0.4) is 0 Å². The summed E-state index contributed by atoms with van der Waals surface area (Å²) in [7, 11) is 0. The van der Waals surface area contributed by atoms with Gasteiger partial charge in [-0.2, -0.15) is 0 Å². The highest BCUT2D eigenvalue weighted by atomic mass is 16.5. The Morgan fingerprint density at radius 2 is 2.00 bits per heavy atom. The highest BCUT2D eigenvalue weighted by molar-refractivity contribution is 5.98. The molecular weight excluding hydrogens is 306 g/mol. The number of nitrogens with one attached hydrogen (secondary N) is 1. The van der Waals surface area contributed by atoms with Gasteiger partial charge in [0.15, 0.2) is 12.4 Å². The molecule has 1 amide bonds. The molecule has 0 fully saturated rings. The summed E-state index contributed by atoms with van der Waals surface area (Å²) in [6.07, 6.45) is 2.66. The fourth-order valence-corrected chi connectivity index (χ4v) is 2.72. The number of para-hydroxylation sites is 1. The summed E-state index contributed by atoms with van der Waals surface area (Å²) in [5, 5.41) is 2.61. The molecule has 0 atom stereocenters. The maximum absolute atomic E-state index is 12.1. The van der Waals surface area contributed by atoms with E-state index < -0.39 is 0 Å². The first-order valence-corrected chi connectivity index (χ1v) is 7.80. The summed E-state index contributed by atoms with van der Waals surface area (Å²) in [6, 6.07) is 9.08. The second-order valence-electron chi connectivity index (χ2n) is 6.64. The van der Waals surface area contributed by atoms with Gasteiger partial charge < -0.3 is 4.74 Å². The lowest BCUT2D eigenvalue weighted by Crippen LogP contribution is -2.29. The SMILES string of the molecule is CC1(C)CC(=O)c2cnc(NC(=O)COc3ccccc3)nc2C1. The van der Waals surface area contributed by atoms with Crippen LogP contribution in [0.5, 0.6) is 5.75 Å². The van der Waals surface area contributed by atoms with Gasteiger partial charge in [0.2, 0.25) is 5.95 Å². The Balaban J connectivity index is 1.66. The number of carbonyl (C=O) groups excluding carboxylic acids is 2. The molecule has 6 heteroatoms. The van der Waals surface area contributed by atoms with Gasteiger partial charge in [-0.3, -0.25) is 14.9 Å². The maximum atomic E-state index is 12.1. The Hall–Kier alpha value is -2.76. The highest BCUT2D eigenvalue weighted by Gasteiger charge is 2.32. The summed E-state index contributed by atoms with van der Waals surface area (Å²) in [5.74, 6) is 0.513. The molecule has 1 aliphatic rings. The van der Waals surface area contributed by atoms with E-state index in [1.54, 1.807) is 12.1 Å². The molecule has 0 aliphatic heterocycles. The normalized spacial score (nSPS) is 15.5. The van der Waals surface area contributed by atoms with Crippen LogP contribution in [0.25, 0.3) is 0 Å². The molecule has 0 saturated carbocycles. The Labute approximate surface area is 140 Å². The molecule has 24 heavy (non-hydrogen) atoms. The van der Waals surface area contributed by atoms with Gasteiger partial charge in [-0.05, 0) is 24.0 Å². The molecule has 0 unspecified atom stereocenters. The van der Waals surface area contributed by atoms with Crippen LogP contribution in [0.15, 0.2) is 36.5 Å². The minimum absolute atomic E-state index is 0.0477. The molecule has 0 radical (unpaired) electrons. The first-order chi connectivity index (χ1) is 11.4. The monoisotopic (exact) mass is 325 g/mol. The number of Topliss-reactive ketones (excluding diaryl/α,β-unsaturated/α-hetero) is 1. The standard InChI is InChI=1S/C18H19N3O3/c1-18(2)8-14-13(15(22)9-18)10-19-17(20-14)21-16(23)11-24-12-6-4-3-5-7-12/h3-7,10H,8-9,11H2,1-2H3,(H,19,20,21,23). The number of amides is 1. The molecule has 0 saturated heterocycles. The van der Waals surface area contributed by atoms with E-state index >= 15 is 0 Å². The van der Waals surface area contributed by atoms with Crippen molar-refractivity contribution in [2.75, 3.05) is 11.9 Å². The number of carbonyl (C=O) groups is 2. The van der Waals surface area contributed by atoms with Crippen LogP contribution in [-0.4, -0.2) is 28.3 Å². The number of benzene rings is 1. The van der Waals surface area contributed by atoms with Crippen molar-refractivity contribution >= 4 is 17.6 Å². The van der Waals surface area contributed by atoms with Gasteiger partial charge in [-0.25, -0.2) is 9.97 Å². The van der Waals surface area contributed by atoms with Crippen LogP contribution >= 0.6 is 0 Å². The van der Waals surface area contributed by atoms with Crippen molar-refractivity contribution in [1.29, 1.82) is 0 Å². The number of nitrogens with zero attached hydrogens (tertiary/aromatic N) is 2. The Morgan fingerprint density at radius 1 is 1.25 bits per heavy atom. The average molecular weight is 325 g/mol. The number of rotatable bonds is 4. The second kappa shape index (κ2) is 6.39. The summed E-state index contributed by atoms with van der Waals surface area (Å²) in [4.78, 5) is 32.5. The smallest absolute Gasteiger partial charge is 0.264 e. The summed E-state index contributed by atoms with van der Waals surface area (Å²) in [6.45, 7) is 3.93. The van der Waals surface area contributed by atoms with Crippen molar-refractivity contribution < 1.29 is 14.3 Å². The lowest BCUT2D eigenvalue weighted by atomic mass is 9.76. The zero-order valence-electron chi connectivity index (χ0n) is 13.7. The molecule has 1 heterocycles. The fourth-order valence-electron chi connectivity index (χ4n) is 2.72. The van der Waals surface area contributed by atoms with Crippen LogP contribution < -0.4 is 10.1 Å². The molecule has 1 aromatic carbocycles. The summed E-state index contributed by atoms with van der Waals surface area (Å²) >= 11 is 0. The van der Waals surface area contributed by atoms with E-state index in [1.165, 1.54) is 6.20 Å². The molecule has 1 N–H and O–H groups in total. The molecular formula is C18H19N3O3. The van der Waals surface area contributed by atoms with Gasteiger partial charge in [0, 0.05) is 12.6 Å². The molecule has 124 valence electrons. The number of aromatic nitrogens is 2. The minimum Gasteiger partial charge on any atom is -0.484 e. The van der Waals surface area contributed by atoms with Crippen molar-refractivity contribution in [1.82, 2.24) is 9.97 Å². The van der Waals surface area contributed by atoms with Crippen molar-refractivity contribution in [3.63, 3.8) is 0 Å². The van der Waals surface area contributed by atoms with Gasteiger partial charge in [-0.1, -0.05) is 32.0 Å². The van der Waals surface area contributed by atoms with E-state index in [9.17, 15) is 9.59 Å². The first-order valence-electron chi connectivity index (χ1n) is 7.80. The number of ketones is 1. The average Bonchev–Trinajstić information content (AvgIpc) is 2.52. The largest absolute Gasteiger partial charge is 0.484 e. The summed E-state index contributed by atoms with van der Waals surface area (Å²) in [5.41, 5.74) is 1.11. The molecule has 3 rings (SSSR count). The van der Waals surface area contributed by atoms with Crippen molar-refractivity contribution in [2.24, 2.45) is 5.41 Å². The third kappa shape index (κ3) is 3.76. The van der Waals surface area contributed by atoms with Crippen molar-refractivity contribution in [3.05, 3.63) is 47.8 Å². The van der Waals surface area contributed by atoms with Crippen LogP contribution in [0.1, 0.15) is 36.3 Å². The van der Waals surface area contributed by atoms with E-state index in [0.717, 1.165) is 0 Å². The minimum atomic E-state index is -0.347. The molecule has 6 nitrogen and oxygen atoms in total. The molecule has 0 spiro atoms. The van der Waals surface area contributed by atoms with Crippen LogP contribution in [0.4, 0.5) is 5.95 Å². The van der Waals surface area contributed by atoms with Crippen molar-refractivity contribution in [3.8, 4) is 5.75 Å². The first kappa shape index (κ1) is 16.1. The lowest BCUT2D eigenvalue weighted by molar-refractivity contribution is -0.118. The van der Waals surface area contributed by atoms with Gasteiger partial charge >= 0.3 is 0 Å².